The zero-order valence-corrected chi connectivity index (χ0v) is 15.1. The molecule has 9 heteroatoms. The van der Waals surface area contributed by atoms with Gasteiger partial charge in [0.2, 0.25) is 5.91 Å². The van der Waals surface area contributed by atoms with Gasteiger partial charge in [0.05, 0.1) is 11.5 Å². The fourth-order valence-electron chi connectivity index (χ4n) is 1.83. The molecule has 0 aromatic carbocycles. The molecule has 2 N–H and O–H groups in total. The van der Waals surface area contributed by atoms with Gasteiger partial charge in [-0.25, -0.2) is 4.79 Å². The highest BCUT2D eigenvalue weighted by Crippen LogP contribution is 2.25. The van der Waals surface area contributed by atoms with Crippen LogP contribution < -0.4 is 10.6 Å². The topological polar surface area (TPSA) is 102 Å². The summed E-state index contributed by atoms with van der Waals surface area (Å²) in [5.41, 5.74) is -0.414. The number of nitrogens with one attached hydrogen (secondary N) is 2. The Morgan fingerprint density at radius 2 is 2.04 bits per heavy atom. The van der Waals surface area contributed by atoms with Crippen LogP contribution in [-0.2, 0) is 11.8 Å². The summed E-state index contributed by atoms with van der Waals surface area (Å²) in [6.45, 7) is 7.21. The van der Waals surface area contributed by atoms with E-state index in [1.54, 1.807) is 36.9 Å². The van der Waals surface area contributed by atoms with Crippen molar-refractivity contribution in [2.45, 2.75) is 43.6 Å². The van der Waals surface area contributed by atoms with Crippen molar-refractivity contribution in [3.8, 4) is 11.6 Å². The van der Waals surface area contributed by atoms with Crippen LogP contribution in [0.5, 0.6) is 0 Å². The Balaban J connectivity index is 1.98. The molecule has 0 saturated carbocycles. The standard InChI is InChI=1S/C15H21N5O3S/c1-9(12(21)16-13(22)17-15(2,3)4)24-14-19-18-11(20(14)5)10-7-6-8-23-10/h6-9H,1-5H3,(H2,16,17,21,22). The number of nitrogens with zero attached hydrogens (tertiary/aromatic N) is 3. The smallest absolute Gasteiger partial charge is 0.321 e. The van der Waals surface area contributed by atoms with E-state index in [9.17, 15) is 9.59 Å². The SMILES string of the molecule is CC(Sc1nnc(-c2ccco2)n1C)C(=O)NC(=O)NC(C)(C)C. The monoisotopic (exact) mass is 351 g/mol. The Labute approximate surface area is 144 Å². The second-order valence-corrected chi connectivity index (χ2v) is 7.60. The highest BCUT2D eigenvalue weighted by atomic mass is 32.2. The number of carbonyl (C=O) groups is 2. The van der Waals surface area contributed by atoms with E-state index in [1.807, 2.05) is 20.8 Å². The molecule has 1 unspecified atom stereocenters. The molecule has 8 nitrogen and oxygen atoms in total. The van der Waals surface area contributed by atoms with Gasteiger partial charge >= 0.3 is 6.03 Å². The highest BCUT2D eigenvalue weighted by molar-refractivity contribution is 8.00. The first-order chi connectivity index (χ1) is 11.2. The fraction of sp³-hybridized carbons (Fsp3) is 0.467. The van der Waals surface area contributed by atoms with Crippen molar-refractivity contribution in [1.29, 1.82) is 0 Å². The lowest BCUT2D eigenvalue weighted by Gasteiger charge is -2.21. The van der Waals surface area contributed by atoms with Gasteiger partial charge in [-0.2, -0.15) is 0 Å². The molecule has 0 aliphatic rings. The lowest BCUT2D eigenvalue weighted by Crippen LogP contribution is -2.49. The van der Waals surface area contributed by atoms with E-state index in [2.05, 4.69) is 20.8 Å². The maximum atomic E-state index is 12.1. The maximum absolute atomic E-state index is 12.1. The third-order valence-corrected chi connectivity index (χ3v) is 4.09. The van der Waals surface area contributed by atoms with Gasteiger partial charge in [-0.15, -0.1) is 10.2 Å². The summed E-state index contributed by atoms with van der Waals surface area (Å²) in [5.74, 6) is 0.767. The number of aromatic nitrogens is 3. The largest absolute Gasteiger partial charge is 0.461 e. The van der Waals surface area contributed by atoms with Gasteiger partial charge in [0.25, 0.3) is 0 Å². The van der Waals surface area contributed by atoms with Gasteiger partial charge in [-0.05, 0) is 39.8 Å². The number of furan rings is 1. The van der Waals surface area contributed by atoms with E-state index in [-0.39, 0.29) is 0 Å². The van der Waals surface area contributed by atoms with Crippen molar-refractivity contribution in [3.05, 3.63) is 18.4 Å². The molecule has 2 aromatic rings. The van der Waals surface area contributed by atoms with Crippen molar-refractivity contribution in [2.24, 2.45) is 7.05 Å². The first-order valence-electron chi connectivity index (χ1n) is 7.40. The van der Waals surface area contributed by atoms with Gasteiger partial charge in [-0.1, -0.05) is 11.8 Å². The summed E-state index contributed by atoms with van der Waals surface area (Å²) in [6, 6.07) is 3.03. The Morgan fingerprint density at radius 1 is 1.33 bits per heavy atom. The number of hydrogen-bond donors (Lipinski definition) is 2. The summed E-state index contributed by atoms with van der Waals surface area (Å²) in [5, 5.41) is 13.2. The van der Waals surface area contributed by atoms with E-state index < -0.39 is 22.7 Å². The number of carbonyl (C=O) groups excluding carboxylic acids is 2. The number of hydrogen-bond acceptors (Lipinski definition) is 6. The molecule has 0 radical (unpaired) electrons. The second kappa shape index (κ2) is 7.08. The minimum Gasteiger partial charge on any atom is -0.461 e. The van der Waals surface area contributed by atoms with Crippen molar-refractivity contribution in [3.63, 3.8) is 0 Å². The quantitative estimate of drug-likeness (QED) is 0.819. The number of thioether (sulfide) groups is 1. The predicted molar refractivity (Wildman–Crippen MR) is 90.5 cm³/mol. The first kappa shape index (κ1) is 18.1. The first-order valence-corrected chi connectivity index (χ1v) is 8.28. The molecular weight excluding hydrogens is 330 g/mol. The van der Waals surface area contributed by atoms with Gasteiger partial charge < -0.3 is 14.3 Å². The highest BCUT2D eigenvalue weighted by Gasteiger charge is 2.23. The summed E-state index contributed by atoms with van der Waals surface area (Å²) in [7, 11) is 1.79. The molecule has 0 spiro atoms. The maximum Gasteiger partial charge on any atom is 0.321 e. The summed E-state index contributed by atoms with van der Waals surface area (Å²) in [6.07, 6.45) is 1.56. The Bertz CT molecular complexity index is 718. The molecule has 2 heterocycles. The molecule has 24 heavy (non-hydrogen) atoms. The van der Waals surface area contributed by atoms with Crippen molar-refractivity contribution in [1.82, 2.24) is 25.4 Å². The lowest BCUT2D eigenvalue weighted by atomic mass is 10.1. The van der Waals surface area contributed by atoms with Crippen LogP contribution >= 0.6 is 11.8 Å². The Kier molecular flexibility index (Phi) is 5.33. The van der Waals surface area contributed by atoms with Crippen LogP contribution in [0, 0.1) is 0 Å². The van der Waals surface area contributed by atoms with Crippen LogP contribution in [0.3, 0.4) is 0 Å². The zero-order chi connectivity index (χ0) is 17.9. The molecule has 0 fully saturated rings. The van der Waals surface area contributed by atoms with Gasteiger partial charge in [0, 0.05) is 12.6 Å². The van der Waals surface area contributed by atoms with Crippen LogP contribution in [0.4, 0.5) is 4.79 Å². The third kappa shape index (κ3) is 4.60. The van der Waals surface area contributed by atoms with Crippen molar-refractivity contribution >= 4 is 23.7 Å². The zero-order valence-electron chi connectivity index (χ0n) is 14.3. The third-order valence-electron chi connectivity index (χ3n) is 2.95. The molecule has 1 atom stereocenters. The average Bonchev–Trinajstić information content (AvgIpc) is 3.07. The Morgan fingerprint density at radius 3 is 2.62 bits per heavy atom. The second-order valence-electron chi connectivity index (χ2n) is 6.30. The number of rotatable bonds is 4. The summed E-state index contributed by atoms with van der Waals surface area (Å²) >= 11 is 1.21. The van der Waals surface area contributed by atoms with Crippen molar-refractivity contribution in [2.75, 3.05) is 0 Å². The normalized spacial score (nSPS) is 12.7. The van der Waals surface area contributed by atoms with Gasteiger partial charge in [0.15, 0.2) is 16.7 Å². The predicted octanol–water partition coefficient (Wildman–Crippen LogP) is 2.18. The minimum atomic E-state index is -0.519. The van der Waals surface area contributed by atoms with Crippen LogP contribution in [-0.4, -0.2) is 37.5 Å². The van der Waals surface area contributed by atoms with Gasteiger partial charge in [0.1, 0.15) is 0 Å². The number of amides is 3. The van der Waals surface area contributed by atoms with E-state index in [0.29, 0.717) is 16.7 Å². The van der Waals surface area contributed by atoms with E-state index >= 15 is 0 Å². The summed E-state index contributed by atoms with van der Waals surface area (Å²) in [4.78, 5) is 23.9. The number of imide groups is 1. The molecule has 3 amide bonds. The lowest BCUT2D eigenvalue weighted by molar-refractivity contribution is -0.119. The number of urea groups is 1. The average molecular weight is 351 g/mol. The molecular formula is C15H21N5O3S. The molecule has 0 bridgehead atoms. The van der Waals surface area contributed by atoms with Crippen LogP contribution in [0.1, 0.15) is 27.7 Å². The molecule has 0 aliphatic heterocycles. The molecule has 0 aliphatic carbocycles. The molecule has 2 aromatic heterocycles. The van der Waals surface area contributed by atoms with E-state index in [0.717, 1.165) is 0 Å². The Hall–Kier alpha value is -2.29. The molecule has 2 rings (SSSR count). The fourth-order valence-corrected chi connectivity index (χ4v) is 2.65. The van der Waals surface area contributed by atoms with Crippen LogP contribution in [0.25, 0.3) is 11.6 Å². The summed E-state index contributed by atoms with van der Waals surface area (Å²) < 4.78 is 7.04. The molecule has 0 saturated heterocycles. The van der Waals surface area contributed by atoms with E-state index in [4.69, 9.17) is 4.42 Å². The van der Waals surface area contributed by atoms with Crippen LogP contribution in [0.2, 0.25) is 0 Å². The van der Waals surface area contributed by atoms with E-state index in [1.165, 1.54) is 11.8 Å². The van der Waals surface area contributed by atoms with Crippen LogP contribution in [0.15, 0.2) is 28.0 Å². The minimum absolute atomic E-state index is 0.399. The van der Waals surface area contributed by atoms with Gasteiger partial charge in [-0.3, -0.25) is 10.1 Å². The van der Waals surface area contributed by atoms with Crippen molar-refractivity contribution < 1.29 is 14.0 Å². The molecule has 130 valence electrons.